The van der Waals surface area contributed by atoms with Gasteiger partial charge in [-0.3, -0.25) is 14.5 Å². The number of aromatic carboxylic acids is 1. The van der Waals surface area contributed by atoms with E-state index >= 15 is 0 Å². The average Bonchev–Trinajstić information content (AvgIpc) is 4.03. The van der Waals surface area contributed by atoms with Gasteiger partial charge in [-0.15, -0.1) is 21.5 Å². The van der Waals surface area contributed by atoms with Crippen LogP contribution in [0.3, 0.4) is 0 Å². The van der Waals surface area contributed by atoms with E-state index < -0.39 is 11.6 Å². The molecule has 12 nitrogen and oxygen atoms in total. The molecule has 2 N–H and O–H groups in total. The number of rotatable bonds is 10. The van der Waals surface area contributed by atoms with Gasteiger partial charge in [0.25, 0.3) is 0 Å². The Morgan fingerprint density at radius 2 is 1.53 bits per heavy atom. The maximum Gasteiger partial charge on any atom is 0.335 e. The summed E-state index contributed by atoms with van der Waals surface area (Å²) in [7, 11) is 0. The van der Waals surface area contributed by atoms with Gasteiger partial charge in [-0.1, -0.05) is 59.6 Å². The molecule has 0 amide bonds. The summed E-state index contributed by atoms with van der Waals surface area (Å²) in [5, 5.41) is 33.1. The number of aromatic nitrogens is 4. The van der Waals surface area contributed by atoms with Gasteiger partial charge in [-0.25, -0.2) is 9.78 Å². The number of thiophene rings is 1. The van der Waals surface area contributed by atoms with Crippen LogP contribution in [0.1, 0.15) is 103 Å². The SMILES string of the molecule is Cc1sc2c(c1C)C(c1ccc(N3CCC(O)(CN4CCN(c5ccc(C6=C(c7ccc(Cl)cc7Cl)CCCc7cc(C(=O)O)ccc76)cc5)CC4)CC3)cc1)=N[C@@H](Cc1ncco1)c1nnc(C)n1-2. The van der Waals surface area contributed by atoms with Crippen molar-refractivity contribution in [1.82, 2.24) is 24.6 Å². The third kappa shape index (κ3) is 8.87. The Kier molecular flexibility index (Phi) is 12.5. The lowest BCUT2D eigenvalue weighted by Gasteiger charge is -2.44. The Balaban J connectivity index is 0.747. The number of carboxylic acid groups (broad SMARTS) is 1. The number of benzene rings is 4. The van der Waals surface area contributed by atoms with Gasteiger partial charge in [-0.05, 0) is 140 Å². The van der Waals surface area contributed by atoms with Crippen LogP contribution in [0.15, 0.2) is 107 Å². The summed E-state index contributed by atoms with van der Waals surface area (Å²) in [6, 6.07) is 28.3. The van der Waals surface area contributed by atoms with Crippen molar-refractivity contribution in [1.29, 1.82) is 0 Å². The predicted octanol–water partition coefficient (Wildman–Crippen LogP) is 10.8. The van der Waals surface area contributed by atoms with Crippen molar-refractivity contribution in [3.8, 4) is 5.00 Å². The van der Waals surface area contributed by atoms with Crippen LogP contribution in [0, 0.1) is 20.8 Å². The number of oxazole rings is 1. The van der Waals surface area contributed by atoms with Crippen LogP contribution < -0.4 is 9.80 Å². The minimum atomic E-state index is -0.927. The Labute approximate surface area is 421 Å². The molecule has 358 valence electrons. The first-order chi connectivity index (χ1) is 33.9. The number of aryl methyl sites for hydroxylation is 3. The summed E-state index contributed by atoms with van der Waals surface area (Å²) in [4.78, 5) is 30.2. The number of hydrogen-bond acceptors (Lipinski definition) is 11. The van der Waals surface area contributed by atoms with Gasteiger partial charge in [-0.2, -0.15) is 0 Å². The molecule has 0 unspecified atom stereocenters. The van der Waals surface area contributed by atoms with Crippen molar-refractivity contribution in [2.24, 2.45) is 4.99 Å². The zero-order valence-electron chi connectivity index (χ0n) is 39.5. The van der Waals surface area contributed by atoms with Crippen molar-refractivity contribution >= 4 is 68.7 Å². The van der Waals surface area contributed by atoms with E-state index in [0.717, 1.165) is 137 Å². The summed E-state index contributed by atoms with van der Waals surface area (Å²) in [5.74, 6) is 1.29. The molecule has 1 aliphatic carbocycles. The van der Waals surface area contributed by atoms with E-state index in [2.05, 4.69) is 96.8 Å². The monoisotopic (exact) mass is 992 g/mol. The second-order valence-corrected chi connectivity index (χ2v) is 21.2. The highest BCUT2D eigenvalue weighted by Gasteiger charge is 2.36. The molecule has 6 heterocycles. The molecular weight excluding hydrogens is 940 g/mol. The topological polar surface area (TPSA) is 136 Å². The zero-order chi connectivity index (χ0) is 48.3. The predicted molar refractivity (Wildman–Crippen MR) is 279 cm³/mol. The van der Waals surface area contributed by atoms with Crippen LogP contribution in [-0.2, 0) is 12.8 Å². The van der Waals surface area contributed by atoms with Crippen LogP contribution in [0.2, 0.25) is 10.0 Å². The third-order valence-electron chi connectivity index (χ3n) is 14.8. The van der Waals surface area contributed by atoms with E-state index in [0.29, 0.717) is 47.3 Å². The second kappa shape index (κ2) is 18.9. The van der Waals surface area contributed by atoms with E-state index in [9.17, 15) is 15.0 Å². The second-order valence-electron chi connectivity index (χ2n) is 19.1. The molecule has 1 atom stereocenters. The van der Waals surface area contributed by atoms with Gasteiger partial charge in [0, 0.05) is 83.2 Å². The molecule has 11 rings (SSSR count). The minimum Gasteiger partial charge on any atom is -0.478 e. The van der Waals surface area contributed by atoms with Crippen LogP contribution in [-0.4, -0.2) is 98.0 Å². The molecule has 15 heteroatoms. The van der Waals surface area contributed by atoms with E-state index in [1.54, 1.807) is 35.9 Å². The fourth-order valence-electron chi connectivity index (χ4n) is 10.9. The fraction of sp³-hybridized carbons (Fsp3) is 0.327. The van der Waals surface area contributed by atoms with E-state index in [1.807, 2.05) is 31.2 Å². The molecule has 0 bridgehead atoms. The van der Waals surface area contributed by atoms with Gasteiger partial charge in [0.1, 0.15) is 23.1 Å². The van der Waals surface area contributed by atoms with Gasteiger partial charge in [0.15, 0.2) is 11.7 Å². The highest BCUT2D eigenvalue weighted by atomic mass is 35.5. The van der Waals surface area contributed by atoms with Crippen molar-refractivity contribution in [3.05, 3.63) is 174 Å². The van der Waals surface area contributed by atoms with Crippen LogP contribution in [0.25, 0.3) is 16.1 Å². The highest BCUT2D eigenvalue weighted by Crippen LogP contribution is 2.44. The number of fused-ring (bicyclic) bond motifs is 4. The molecular formula is C55H54Cl2N8O4S. The first kappa shape index (κ1) is 46.3. The Hall–Kier alpha value is -6.09. The lowest BCUT2D eigenvalue weighted by Crippen LogP contribution is -2.55. The molecule has 3 aromatic heterocycles. The number of piperazine rings is 1. The molecule has 0 radical (unpaired) electrons. The lowest BCUT2D eigenvalue weighted by atomic mass is 9.87. The fourth-order valence-corrected chi connectivity index (χ4v) is 12.6. The standard InChI is InChI=1S/C55H54Cl2N8O4S/c1-33-34(2)70-53-49(33)51(59-47(31-48-58-21-28-69-48)52-61-60-35(3)65(52)53)37-9-15-41(16-10-37)63-22-19-55(68,20-23-63)32-62-24-26-64(27-25-62)42-13-7-36(8-14-42)50-43-17-11-39(54(66)67)29-38(43)5-4-6-45(50)44-18-12-40(56)30-46(44)57/h7-18,21,28-30,47,68H,4-6,19-20,22-27,31-32H2,1-3H3,(H,66,67)/t47-/m0/s1. The number of piperidine rings is 1. The van der Waals surface area contributed by atoms with Gasteiger partial charge >= 0.3 is 5.97 Å². The van der Waals surface area contributed by atoms with E-state index in [1.165, 1.54) is 10.4 Å². The van der Waals surface area contributed by atoms with Crippen molar-refractivity contribution in [2.75, 3.05) is 55.6 Å². The summed E-state index contributed by atoms with van der Waals surface area (Å²) in [6.07, 6.45) is 7.55. The molecule has 2 fully saturated rings. The molecule has 2 saturated heterocycles. The first-order valence-corrected chi connectivity index (χ1v) is 25.7. The smallest absolute Gasteiger partial charge is 0.335 e. The average molecular weight is 994 g/mol. The molecule has 4 aliphatic rings. The van der Waals surface area contributed by atoms with Crippen molar-refractivity contribution in [3.63, 3.8) is 0 Å². The molecule has 4 aromatic carbocycles. The molecule has 70 heavy (non-hydrogen) atoms. The van der Waals surface area contributed by atoms with Crippen LogP contribution in [0.5, 0.6) is 0 Å². The molecule has 0 saturated carbocycles. The number of nitrogens with zero attached hydrogens (tertiary/aromatic N) is 8. The minimum absolute atomic E-state index is 0.295. The summed E-state index contributed by atoms with van der Waals surface area (Å²) >= 11 is 14.9. The molecule has 0 spiro atoms. The number of β-amino-alcohol motifs (C(OH)–C–C–N with tert-alkyl or cyclic N) is 1. The number of allylic oxidation sites excluding steroid dienone is 1. The molecule has 7 aromatic rings. The number of anilines is 2. The lowest BCUT2D eigenvalue weighted by molar-refractivity contribution is -0.0173. The van der Waals surface area contributed by atoms with Crippen molar-refractivity contribution in [2.45, 2.75) is 70.9 Å². The normalized spacial score (nSPS) is 18.2. The number of aliphatic imine (C=N–C) groups is 1. The third-order valence-corrected chi connectivity index (χ3v) is 16.5. The Bertz CT molecular complexity index is 3160. The maximum atomic E-state index is 12.0. The van der Waals surface area contributed by atoms with Crippen LogP contribution in [0.4, 0.5) is 11.4 Å². The number of hydrogen-bond donors (Lipinski definition) is 2. The van der Waals surface area contributed by atoms with Crippen LogP contribution >= 0.6 is 34.5 Å². The largest absolute Gasteiger partial charge is 0.478 e. The van der Waals surface area contributed by atoms with Gasteiger partial charge < -0.3 is 24.4 Å². The Morgan fingerprint density at radius 1 is 0.829 bits per heavy atom. The highest BCUT2D eigenvalue weighted by molar-refractivity contribution is 7.15. The number of halogens is 2. The van der Waals surface area contributed by atoms with Gasteiger partial charge in [0.05, 0.1) is 29.5 Å². The number of carboxylic acids is 1. The van der Waals surface area contributed by atoms with E-state index in [-0.39, 0.29) is 6.04 Å². The summed E-state index contributed by atoms with van der Waals surface area (Å²) in [6.45, 7) is 12.0. The maximum absolute atomic E-state index is 12.0. The van der Waals surface area contributed by atoms with Crippen molar-refractivity contribution < 1.29 is 19.4 Å². The Morgan fingerprint density at radius 3 is 2.21 bits per heavy atom. The molecule has 3 aliphatic heterocycles. The van der Waals surface area contributed by atoms with Gasteiger partial charge in [0.2, 0.25) is 0 Å². The summed E-state index contributed by atoms with van der Waals surface area (Å²) < 4.78 is 7.83. The first-order valence-electron chi connectivity index (χ1n) is 24.1. The quantitative estimate of drug-likeness (QED) is 0.136. The zero-order valence-corrected chi connectivity index (χ0v) is 41.8. The van der Waals surface area contributed by atoms with E-state index in [4.69, 9.17) is 32.6 Å². The summed E-state index contributed by atoms with van der Waals surface area (Å²) in [5.41, 5.74) is 12.4. The number of aliphatic hydroxyl groups is 1. The number of carbonyl (C=O) groups is 1.